The Morgan fingerprint density at radius 2 is 1.96 bits per heavy atom. The van der Waals surface area contributed by atoms with E-state index in [1.807, 2.05) is 0 Å². The monoisotopic (exact) mass is 369 g/mol. The van der Waals surface area contributed by atoms with Crippen LogP contribution in [0.5, 0.6) is 0 Å². The minimum absolute atomic E-state index is 0.190. The maximum atomic E-state index is 12.1. The Morgan fingerprint density at radius 3 is 2.56 bits per heavy atom. The van der Waals surface area contributed by atoms with Crippen LogP contribution in [0.15, 0.2) is 24.3 Å². The summed E-state index contributed by atoms with van der Waals surface area (Å²) < 4.78 is 0. The summed E-state index contributed by atoms with van der Waals surface area (Å²) in [7, 11) is 0. The van der Waals surface area contributed by atoms with Gasteiger partial charge >= 0.3 is 5.97 Å². The zero-order chi connectivity index (χ0) is 18.6. The highest BCUT2D eigenvalue weighted by Gasteiger charge is 2.39. The molecule has 1 aliphatic heterocycles. The fourth-order valence-electron chi connectivity index (χ4n) is 4.84. The zero-order valence-corrected chi connectivity index (χ0v) is 15.5. The van der Waals surface area contributed by atoms with Crippen LogP contribution in [-0.4, -0.2) is 44.8 Å². The number of hydrogen-bond donors (Lipinski definition) is 3. The normalized spacial score (nSPS) is 22.7. The molecule has 2 fully saturated rings. The molecule has 1 aliphatic carbocycles. The molecule has 4 rings (SSSR count). The van der Waals surface area contributed by atoms with Crippen LogP contribution in [0.3, 0.4) is 0 Å². The van der Waals surface area contributed by atoms with E-state index < -0.39 is 11.9 Å². The first kappa shape index (κ1) is 18.1. The molecule has 2 heterocycles. The summed E-state index contributed by atoms with van der Waals surface area (Å²) in [6.07, 6.45) is 5.96. The minimum Gasteiger partial charge on any atom is -0.481 e. The van der Waals surface area contributed by atoms with Crippen LogP contribution in [-0.2, 0) is 11.2 Å². The number of nitrogens with zero attached hydrogens (tertiary/aromatic N) is 3. The Bertz CT molecular complexity index is 734. The van der Waals surface area contributed by atoms with Crippen LogP contribution in [0.25, 0.3) is 0 Å². The predicted molar refractivity (Wildman–Crippen MR) is 100 cm³/mol. The molecule has 0 bridgehead atoms. The quantitative estimate of drug-likeness (QED) is 0.693. The molecule has 1 saturated carbocycles. The summed E-state index contributed by atoms with van der Waals surface area (Å²) in [5.41, 5.74) is 2.48. The number of carboxylic acid groups (broad SMARTS) is 1. The van der Waals surface area contributed by atoms with E-state index in [0.29, 0.717) is 18.2 Å². The summed E-state index contributed by atoms with van der Waals surface area (Å²) in [6.45, 7) is 2.11. The van der Waals surface area contributed by atoms with E-state index in [2.05, 4.69) is 50.2 Å². The maximum absolute atomic E-state index is 12.1. The Labute approximate surface area is 159 Å². The van der Waals surface area contributed by atoms with Gasteiger partial charge in [-0.1, -0.05) is 42.3 Å². The molecule has 7 nitrogen and oxygen atoms in total. The standard InChI is InChI=1S/C20H27N5O2/c26-20(27)18(15-3-1-2-4-15)17(19-22-24-25-23-19)11-13-5-7-14(8-6-13)16-9-10-21-12-16/h5-8,15-18,21H,1-4,9-12H2,(H,26,27)(H,22,23,24,25). The number of aromatic amines is 1. The molecular formula is C20H27N5O2. The fourth-order valence-corrected chi connectivity index (χ4v) is 4.84. The molecule has 1 aromatic heterocycles. The van der Waals surface area contributed by atoms with Gasteiger partial charge in [-0.25, -0.2) is 0 Å². The summed E-state index contributed by atoms with van der Waals surface area (Å²) in [5, 5.41) is 27.9. The summed E-state index contributed by atoms with van der Waals surface area (Å²) in [4.78, 5) is 12.1. The third-order valence-electron chi connectivity index (χ3n) is 6.29. The van der Waals surface area contributed by atoms with Crippen molar-refractivity contribution < 1.29 is 9.90 Å². The molecule has 3 N–H and O–H groups in total. The largest absolute Gasteiger partial charge is 0.481 e. The summed E-state index contributed by atoms with van der Waals surface area (Å²) >= 11 is 0. The van der Waals surface area contributed by atoms with Crippen LogP contribution in [0.1, 0.15) is 60.9 Å². The summed E-state index contributed by atoms with van der Waals surface area (Å²) in [5.74, 6) is -0.192. The van der Waals surface area contributed by atoms with Gasteiger partial charge in [0.25, 0.3) is 0 Å². The topological polar surface area (TPSA) is 104 Å². The van der Waals surface area contributed by atoms with Crippen LogP contribution in [0, 0.1) is 11.8 Å². The van der Waals surface area contributed by atoms with Crippen LogP contribution in [0.2, 0.25) is 0 Å². The molecule has 0 radical (unpaired) electrons. The van der Waals surface area contributed by atoms with Crippen molar-refractivity contribution in [3.63, 3.8) is 0 Å². The van der Waals surface area contributed by atoms with Crippen molar-refractivity contribution in [1.82, 2.24) is 25.9 Å². The second kappa shape index (κ2) is 8.17. The highest BCUT2D eigenvalue weighted by Crippen LogP contribution is 2.40. The van der Waals surface area contributed by atoms with E-state index in [1.165, 1.54) is 12.0 Å². The van der Waals surface area contributed by atoms with Gasteiger partial charge in [-0.05, 0) is 55.2 Å². The third kappa shape index (κ3) is 4.03. The fraction of sp³-hybridized carbons (Fsp3) is 0.600. The van der Waals surface area contributed by atoms with Gasteiger partial charge in [0.2, 0.25) is 0 Å². The average Bonchev–Trinajstić information content (AvgIpc) is 3.43. The lowest BCUT2D eigenvalue weighted by molar-refractivity contribution is -0.144. The number of nitrogens with one attached hydrogen (secondary N) is 2. The molecule has 144 valence electrons. The molecule has 1 aromatic carbocycles. The van der Waals surface area contributed by atoms with Crippen molar-refractivity contribution in [2.45, 2.75) is 50.4 Å². The second-order valence-electron chi connectivity index (χ2n) is 7.92. The molecular weight excluding hydrogens is 342 g/mol. The Hall–Kier alpha value is -2.28. The lowest BCUT2D eigenvalue weighted by Crippen LogP contribution is -2.30. The first-order valence-electron chi connectivity index (χ1n) is 9.98. The maximum Gasteiger partial charge on any atom is 0.307 e. The third-order valence-corrected chi connectivity index (χ3v) is 6.29. The van der Waals surface area contributed by atoms with Crippen LogP contribution >= 0.6 is 0 Å². The molecule has 2 aliphatic rings. The number of H-pyrrole nitrogens is 1. The van der Waals surface area contributed by atoms with Gasteiger partial charge in [0.1, 0.15) is 0 Å². The van der Waals surface area contributed by atoms with Crippen molar-refractivity contribution in [1.29, 1.82) is 0 Å². The first-order chi connectivity index (χ1) is 13.2. The van der Waals surface area contributed by atoms with Gasteiger partial charge in [-0.3, -0.25) is 4.79 Å². The second-order valence-corrected chi connectivity index (χ2v) is 7.92. The van der Waals surface area contributed by atoms with Gasteiger partial charge in [0.05, 0.1) is 5.92 Å². The van der Waals surface area contributed by atoms with Gasteiger partial charge in [0, 0.05) is 12.5 Å². The van der Waals surface area contributed by atoms with E-state index in [9.17, 15) is 9.90 Å². The van der Waals surface area contributed by atoms with Gasteiger partial charge in [0.15, 0.2) is 5.82 Å². The SMILES string of the molecule is O=C(O)C(C1CCCC1)C(Cc1ccc(C2CCNC2)cc1)c1nn[nH]n1. The molecule has 1 saturated heterocycles. The Morgan fingerprint density at radius 1 is 1.19 bits per heavy atom. The van der Waals surface area contributed by atoms with Crippen molar-refractivity contribution >= 4 is 5.97 Å². The zero-order valence-electron chi connectivity index (χ0n) is 15.5. The molecule has 2 aromatic rings. The summed E-state index contributed by atoms with van der Waals surface area (Å²) in [6, 6.07) is 8.64. The highest BCUT2D eigenvalue weighted by molar-refractivity contribution is 5.71. The highest BCUT2D eigenvalue weighted by atomic mass is 16.4. The van der Waals surface area contributed by atoms with E-state index in [0.717, 1.165) is 44.3 Å². The van der Waals surface area contributed by atoms with Crippen molar-refractivity contribution in [2.24, 2.45) is 11.8 Å². The van der Waals surface area contributed by atoms with Gasteiger partial charge in [-0.15, -0.1) is 10.2 Å². The van der Waals surface area contributed by atoms with Crippen LogP contribution < -0.4 is 5.32 Å². The molecule has 3 unspecified atom stereocenters. The van der Waals surface area contributed by atoms with E-state index in [-0.39, 0.29) is 11.8 Å². The van der Waals surface area contributed by atoms with Gasteiger partial charge in [-0.2, -0.15) is 5.21 Å². The predicted octanol–water partition coefficient (Wildman–Crippen LogP) is 2.49. The van der Waals surface area contributed by atoms with Crippen LogP contribution in [0.4, 0.5) is 0 Å². The Kier molecular flexibility index (Phi) is 5.48. The number of aliphatic carboxylic acids is 1. The van der Waals surface area contributed by atoms with Gasteiger partial charge < -0.3 is 10.4 Å². The molecule has 0 amide bonds. The lowest BCUT2D eigenvalue weighted by Gasteiger charge is -2.26. The average molecular weight is 369 g/mol. The number of rotatable bonds is 7. The molecule has 3 atom stereocenters. The number of aromatic nitrogens is 4. The Balaban J connectivity index is 1.56. The lowest BCUT2D eigenvalue weighted by atomic mass is 9.77. The number of carboxylic acids is 1. The van der Waals surface area contributed by atoms with E-state index in [4.69, 9.17) is 0 Å². The van der Waals surface area contributed by atoms with Crippen molar-refractivity contribution in [3.05, 3.63) is 41.2 Å². The van der Waals surface area contributed by atoms with Crippen molar-refractivity contribution in [3.8, 4) is 0 Å². The number of tetrazole rings is 1. The number of hydrogen-bond acceptors (Lipinski definition) is 5. The van der Waals surface area contributed by atoms with E-state index in [1.54, 1.807) is 0 Å². The minimum atomic E-state index is -0.745. The molecule has 0 spiro atoms. The smallest absolute Gasteiger partial charge is 0.307 e. The molecule has 7 heteroatoms. The van der Waals surface area contributed by atoms with E-state index >= 15 is 0 Å². The van der Waals surface area contributed by atoms with Crippen molar-refractivity contribution in [2.75, 3.05) is 13.1 Å². The number of carbonyl (C=O) groups is 1. The number of benzene rings is 1. The first-order valence-corrected chi connectivity index (χ1v) is 9.98. The molecule has 27 heavy (non-hydrogen) atoms.